The van der Waals surface area contributed by atoms with Gasteiger partial charge < -0.3 is 4.57 Å². The van der Waals surface area contributed by atoms with Gasteiger partial charge in [0.05, 0.1) is 12.4 Å². The second-order valence-electron chi connectivity index (χ2n) is 3.91. The van der Waals surface area contributed by atoms with Gasteiger partial charge in [-0.25, -0.2) is 4.98 Å². The molecule has 15 heavy (non-hydrogen) atoms. The van der Waals surface area contributed by atoms with E-state index in [2.05, 4.69) is 21.7 Å². The molecule has 0 bridgehead atoms. The molecule has 76 valence electrons. The predicted molar refractivity (Wildman–Crippen MR) is 60.1 cm³/mol. The highest BCUT2D eigenvalue weighted by Gasteiger charge is 2.23. The minimum atomic E-state index is 0.444. The highest BCUT2D eigenvalue weighted by atomic mass is 35.5. The molecule has 1 unspecified atom stereocenters. The van der Waals surface area contributed by atoms with Gasteiger partial charge in [-0.15, -0.1) is 0 Å². The Labute approximate surface area is 93.5 Å². The van der Waals surface area contributed by atoms with E-state index in [4.69, 9.17) is 11.6 Å². The van der Waals surface area contributed by atoms with Crippen molar-refractivity contribution in [3.63, 3.8) is 0 Å². The number of nitrogens with zero attached hydrogens (tertiary/aromatic N) is 2. The van der Waals surface area contributed by atoms with Crippen LogP contribution in [0.15, 0.2) is 36.9 Å². The number of halogens is 1. The van der Waals surface area contributed by atoms with Gasteiger partial charge in [-0.3, -0.25) is 0 Å². The van der Waals surface area contributed by atoms with Gasteiger partial charge in [0.1, 0.15) is 0 Å². The van der Waals surface area contributed by atoms with Gasteiger partial charge in [-0.1, -0.05) is 17.7 Å². The number of aromatic nitrogens is 2. The third-order valence-corrected chi connectivity index (χ3v) is 3.27. The Morgan fingerprint density at radius 2 is 2.33 bits per heavy atom. The van der Waals surface area contributed by atoms with Crippen LogP contribution < -0.4 is 0 Å². The van der Waals surface area contributed by atoms with Crippen LogP contribution in [0, 0.1) is 0 Å². The van der Waals surface area contributed by atoms with Crippen LogP contribution in [-0.4, -0.2) is 9.55 Å². The van der Waals surface area contributed by atoms with Crippen LogP contribution in [0.4, 0.5) is 0 Å². The first-order valence-corrected chi connectivity index (χ1v) is 5.48. The van der Waals surface area contributed by atoms with E-state index in [9.17, 15) is 0 Å². The van der Waals surface area contributed by atoms with Crippen molar-refractivity contribution in [2.45, 2.75) is 18.9 Å². The first kappa shape index (κ1) is 8.98. The van der Waals surface area contributed by atoms with E-state index in [-0.39, 0.29) is 0 Å². The summed E-state index contributed by atoms with van der Waals surface area (Å²) >= 11 is 5.98. The summed E-state index contributed by atoms with van der Waals surface area (Å²) < 4.78 is 2.17. The summed E-state index contributed by atoms with van der Waals surface area (Å²) in [6, 6.07) is 6.62. The maximum Gasteiger partial charge on any atom is 0.0951 e. The molecule has 0 saturated heterocycles. The molecular weight excluding hydrogens is 208 g/mol. The lowest BCUT2D eigenvalue weighted by Crippen LogP contribution is -2.04. The summed E-state index contributed by atoms with van der Waals surface area (Å²) in [6.07, 6.45) is 7.99. The molecule has 1 aliphatic rings. The quantitative estimate of drug-likeness (QED) is 0.720. The summed E-state index contributed by atoms with van der Waals surface area (Å²) in [7, 11) is 0. The van der Waals surface area contributed by atoms with E-state index in [0.29, 0.717) is 6.04 Å². The van der Waals surface area contributed by atoms with Gasteiger partial charge in [0.2, 0.25) is 0 Å². The zero-order valence-corrected chi connectivity index (χ0v) is 8.98. The van der Waals surface area contributed by atoms with Crippen molar-refractivity contribution in [1.82, 2.24) is 9.55 Å². The number of rotatable bonds is 1. The largest absolute Gasteiger partial charge is 0.330 e. The van der Waals surface area contributed by atoms with Crippen molar-refractivity contribution in [3.05, 3.63) is 53.1 Å². The van der Waals surface area contributed by atoms with Crippen molar-refractivity contribution in [2.24, 2.45) is 0 Å². The Balaban J connectivity index is 2.05. The molecule has 3 heteroatoms. The molecule has 0 N–H and O–H groups in total. The maximum atomic E-state index is 5.98. The SMILES string of the molecule is Clc1ccc2c(c1)CCC2n1ccnc1. The van der Waals surface area contributed by atoms with Crippen LogP contribution in [-0.2, 0) is 6.42 Å². The summed E-state index contributed by atoms with van der Waals surface area (Å²) in [6.45, 7) is 0. The second-order valence-corrected chi connectivity index (χ2v) is 4.34. The molecule has 3 rings (SSSR count). The Hall–Kier alpha value is -1.28. The summed E-state index contributed by atoms with van der Waals surface area (Å²) in [5.74, 6) is 0. The van der Waals surface area contributed by atoms with Gasteiger partial charge in [0, 0.05) is 17.4 Å². The number of aryl methyl sites for hydroxylation is 1. The Morgan fingerprint density at radius 1 is 1.40 bits per heavy atom. The number of benzene rings is 1. The summed E-state index contributed by atoms with van der Waals surface area (Å²) in [4.78, 5) is 4.09. The lowest BCUT2D eigenvalue weighted by molar-refractivity contribution is 0.579. The van der Waals surface area contributed by atoms with Crippen molar-refractivity contribution >= 4 is 11.6 Å². The highest BCUT2D eigenvalue weighted by molar-refractivity contribution is 6.30. The lowest BCUT2D eigenvalue weighted by atomic mass is 10.1. The van der Waals surface area contributed by atoms with Crippen LogP contribution in [0.1, 0.15) is 23.6 Å². The molecule has 2 nitrogen and oxygen atoms in total. The normalized spacial score (nSPS) is 19.1. The third kappa shape index (κ3) is 1.45. The molecule has 1 heterocycles. The predicted octanol–water partition coefficient (Wildman–Crippen LogP) is 3.07. The van der Waals surface area contributed by atoms with Gasteiger partial charge >= 0.3 is 0 Å². The Morgan fingerprint density at radius 3 is 3.13 bits per heavy atom. The van der Waals surface area contributed by atoms with Crippen LogP contribution in [0.2, 0.25) is 5.02 Å². The van der Waals surface area contributed by atoms with E-state index in [0.717, 1.165) is 17.9 Å². The fourth-order valence-electron chi connectivity index (χ4n) is 2.33. The average Bonchev–Trinajstić information content (AvgIpc) is 2.82. The standard InChI is InChI=1S/C12H11ClN2/c13-10-2-3-11-9(7-10)1-4-12(11)15-6-5-14-8-15/h2-3,5-8,12H,1,4H2. The Bertz CT molecular complexity index is 476. The number of fused-ring (bicyclic) bond motifs is 1. The van der Waals surface area contributed by atoms with E-state index in [1.165, 1.54) is 11.1 Å². The zero-order chi connectivity index (χ0) is 10.3. The van der Waals surface area contributed by atoms with E-state index >= 15 is 0 Å². The maximum absolute atomic E-state index is 5.98. The summed E-state index contributed by atoms with van der Waals surface area (Å²) in [5.41, 5.74) is 2.76. The van der Waals surface area contributed by atoms with Gasteiger partial charge in [0.15, 0.2) is 0 Å². The molecule has 0 fully saturated rings. The summed E-state index contributed by atoms with van der Waals surface area (Å²) in [5, 5.41) is 0.833. The first-order valence-electron chi connectivity index (χ1n) is 5.10. The van der Waals surface area contributed by atoms with Gasteiger partial charge in [0.25, 0.3) is 0 Å². The van der Waals surface area contributed by atoms with Gasteiger partial charge in [-0.05, 0) is 36.1 Å². The number of hydrogen-bond donors (Lipinski definition) is 0. The van der Waals surface area contributed by atoms with E-state index in [1.807, 2.05) is 24.8 Å². The van der Waals surface area contributed by atoms with Crippen LogP contribution >= 0.6 is 11.6 Å². The van der Waals surface area contributed by atoms with Crippen molar-refractivity contribution < 1.29 is 0 Å². The van der Waals surface area contributed by atoms with Crippen molar-refractivity contribution in [2.75, 3.05) is 0 Å². The third-order valence-electron chi connectivity index (χ3n) is 3.04. The molecule has 0 saturated carbocycles. The van der Waals surface area contributed by atoms with Crippen LogP contribution in [0.5, 0.6) is 0 Å². The second kappa shape index (κ2) is 3.38. The molecule has 0 amide bonds. The van der Waals surface area contributed by atoms with Crippen LogP contribution in [0.3, 0.4) is 0 Å². The molecule has 0 radical (unpaired) electrons. The molecule has 2 aromatic rings. The average molecular weight is 219 g/mol. The van der Waals surface area contributed by atoms with Gasteiger partial charge in [-0.2, -0.15) is 0 Å². The topological polar surface area (TPSA) is 17.8 Å². The molecule has 1 aliphatic carbocycles. The van der Waals surface area contributed by atoms with E-state index < -0.39 is 0 Å². The van der Waals surface area contributed by atoms with E-state index in [1.54, 1.807) is 0 Å². The minimum absolute atomic E-state index is 0.444. The number of hydrogen-bond acceptors (Lipinski definition) is 1. The minimum Gasteiger partial charge on any atom is -0.330 e. The molecular formula is C12H11ClN2. The molecule has 1 aromatic heterocycles. The van der Waals surface area contributed by atoms with Crippen LogP contribution in [0.25, 0.3) is 0 Å². The molecule has 0 spiro atoms. The number of imidazole rings is 1. The fraction of sp³-hybridized carbons (Fsp3) is 0.250. The molecule has 1 atom stereocenters. The van der Waals surface area contributed by atoms with Crippen molar-refractivity contribution in [3.8, 4) is 0 Å². The molecule has 1 aromatic carbocycles. The highest BCUT2D eigenvalue weighted by Crippen LogP contribution is 2.35. The Kier molecular flexibility index (Phi) is 2.03. The zero-order valence-electron chi connectivity index (χ0n) is 8.23. The smallest absolute Gasteiger partial charge is 0.0951 e. The first-order chi connectivity index (χ1) is 7.34. The monoisotopic (exact) mass is 218 g/mol. The molecule has 0 aliphatic heterocycles. The fourth-order valence-corrected chi connectivity index (χ4v) is 2.52. The lowest BCUT2D eigenvalue weighted by Gasteiger charge is -2.12. The van der Waals surface area contributed by atoms with Crippen molar-refractivity contribution in [1.29, 1.82) is 0 Å².